The van der Waals surface area contributed by atoms with Crippen molar-refractivity contribution >= 4 is 12.1 Å². The molecule has 0 aliphatic heterocycles. The van der Waals surface area contributed by atoms with E-state index in [1.54, 1.807) is 12.1 Å². The van der Waals surface area contributed by atoms with E-state index in [1.807, 2.05) is 6.92 Å². The third-order valence-corrected chi connectivity index (χ3v) is 2.29. The molecule has 0 saturated carbocycles. The van der Waals surface area contributed by atoms with Gasteiger partial charge in [-0.3, -0.25) is 9.89 Å². The molecule has 0 spiro atoms. The second kappa shape index (κ2) is 6.32. The largest absolute Gasteiger partial charge is 0.504 e. The van der Waals surface area contributed by atoms with Crippen LogP contribution in [0.2, 0.25) is 0 Å². The second-order valence-electron chi connectivity index (χ2n) is 3.69. The lowest BCUT2D eigenvalue weighted by atomic mass is 10.2. The van der Waals surface area contributed by atoms with Crippen molar-refractivity contribution in [1.82, 2.24) is 20.6 Å². The van der Waals surface area contributed by atoms with Crippen LogP contribution in [0.3, 0.4) is 0 Å². The van der Waals surface area contributed by atoms with Gasteiger partial charge in [-0.2, -0.15) is 10.2 Å². The van der Waals surface area contributed by atoms with Crippen molar-refractivity contribution in [3.63, 3.8) is 0 Å². The summed E-state index contributed by atoms with van der Waals surface area (Å²) in [5.41, 5.74) is 2.96. The van der Waals surface area contributed by atoms with Gasteiger partial charge >= 0.3 is 5.91 Å². The number of H-pyrrole nitrogens is 1. The summed E-state index contributed by atoms with van der Waals surface area (Å²) >= 11 is 0. The molecular weight excluding hydrogens is 262 g/mol. The molecule has 3 N–H and O–H groups in total. The second-order valence-corrected chi connectivity index (χ2v) is 3.69. The van der Waals surface area contributed by atoms with E-state index in [2.05, 4.69) is 25.7 Å². The van der Waals surface area contributed by atoms with Crippen LogP contribution in [-0.2, 0) is 0 Å². The Hall–Kier alpha value is -2.90. The number of carbonyl (C=O) groups excluding carboxylic acids is 1. The maximum absolute atomic E-state index is 11.5. The minimum Gasteiger partial charge on any atom is -0.504 e. The van der Waals surface area contributed by atoms with Crippen LogP contribution in [0, 0.1) is 0 Å². The van der Waals surface area contributed by atoms with Gasteiger partial charge in [0.2, 0.25) is 5.82 Å². The lowest BCUT2D eigenvalue weighted by Crippen LogP contribution is -2.19. The molecule has 2 aromatic rings. The first-order chi connectivity index (χ1) is 9.70. The number of aromatic hydroxyl groups is 1. The molecule has 0 fully saturated rings. The van der Waals surface area contributed by atoms with Crippen molar-refractivity contribution in [1.29, 1.82) is 0 Å². The van der Waals surface area contributed by atoms with Gasteiger partial charge in [0.1, 0.15) is 6.33 Å². The highest BCUT2D eigenvalue weighted by molar-refractivity contribution is 5.91. The number of aromatic nitrogens is 3. The summed E-state index contributed by atoms with van der Waals surface area (Å²) in [6.07, 6.45) is 2.66. The van der Waals surface area contributed by atoms with E-state index in [0.717, 1.165) is 0 Å². The minimum absolute atomic E-state index is 0.0506. The van der Waals surface area contributed by atoms with E-state index < -0.39 is 5.91 Å². The number of carbonyl (C=O) groups is 1. The Morgan fingerprint density at radius 1 is 1.60 bits per heavy atom. The third kappa shape index (κ3) is 3.31. The highest BCUT2D eigenvalue weighted by Gasteiger charge is 2.06. The van der Waals surface area contributed by atoms with Crippen molar-refractivity contribution in [2.75, 3.05) is 6.61 Å². The molecule has 2 rings (SSSR count). The maximum atomic E-state index is 11.5. The molecule has 0 bridgehead atoms. The van der Waals surface area contributed by atoms with Crippen molar-refractivity contribution in [3.05, 3.63) is 35.9 Å². The summed E-state index contributed by atoms with van der Waals surface area (Å²) in [7, 11) is 0. The fourth-order valence-corrected chi connectivity index (χ4v) is 1.42. The molecule has 8 heteroatoms. The van der Waals surface area contributed by atoms with Crippen LogP contribution in [0.5, 0.6) is 11.5 Å². The van der Waals surface area contributed by atoms with E-state index in [1.165, 1.54) is 18.6 Å². The molecule has 1 aromatic carbocycles. The molecule has 1 amide bonds. The van der Waals surface area contributed by atoms with Crippen LogP contribution in [0.25, 0.3) is 0 Å². The molecular formula is C12H13N5O3. The molecule has 0 radical (unpaired) electrons. The third-order valence-electron chi connectivity index (χ3n) is 2.29. The Morgan fingerprint density at radius 3 is 3.15 bits per heavy atom. The summed E-state index contributed by atoms with van der Waals surface area (Å²) in [5.74, 6) is -0.0156. The van der Waals surface area contributed by atoms with Gasteiger partial charge in [-0.25, -0.2) is 10.4 Å². The molecule has 0 saturated heterocycles. The fourth-order valence-electron chi connectivity index (χ4n) is 1.42. The Morgan fingerprint density at radius 2 is 2.45 bits per heavy atom. The molecule has 0 aliphatic rings. The van der Waals surface area contributed by atoms with Crippen LogP contribution in [0.1, 0.15) is 23.1 Å². The lowest BCUT2D eigenvalue weighted by Gasteiger charge is -2.05. The highest BCUT2D eigenvalue weighted by Crippen LogP contribution is 2.26. The molecule has 1 heterocycles. The first-order valence-corrected chi connectivity index (χ1v) is 5.85. The average Bonchev–Trinajstić information content (AvgIpc) is 2.96. The average molecular weight is 275 g/mol. The van der Waals surface area contributed by atoms with Crippen LogP contribution in [-0.4, -0.2) is 39.0 Å². The summed E-state index contributed by atoms with van der Waals surface area (Å²) < 4.78 is 5.24. The number of hydrogen-bond donors (Lipinski definition) is 3. The molecule has 0 aliphatic carbocycles. The van der Waals surface area contributed by atoms with Crippen molar-refractivity contribution in [2.24, 2.45) is 5.10 Å². The Labute approximate surface area is 114 Å². The summed E-state index contributed by atoms with van der Waals surface area (Å²) in [6, 6.07) is 4.75. The smallest absolute Gasteiger partial charge is 0.308 e. The van der Waals surface area contributed by atoms with Gasteiger partial charge in [0.05, 0.1) is 12.8 Å². The van der Waals surface area contributed by atoms with Crippen molar-refractivity contribution in [3.8, 4) is 11.5 Å². The van der Waals surface area contributed by atoms with Crippen LogP contribution in [0.15, 0.2) is 29.6 Å². The topological polar surface area (TPSA) is 112 Å². The van der Waals surface area contributed by atoms with Gasteiger partial charge in [-0.15, -0.1) is 0 Å². The molecule has 1 aromatic heterocycles. The number of aromatic amines is 1. The number of amides is 1. The maximum Gasteiger partial charge on any atom is 0.308 e. The standard InChI is InChI=1S/C12H13N5O3/c1-2-20-10-5-8(3-4-9(10)18)6-14-17-12(19)11-13-7-15-16-11/h3-7,18H,2H2,1H3,(H,17,19)(H,13,15,16)/b14-6+. The normalized spacial score (nSPS) is 10.7. The number of phenolic OH excluding ortho intramolecular Hbond substituents is 1. The quantitative estimate of drug-likeness (QED) is 0.548. The summed E-state index contributed by atoms with van der Waals surface area (Å²) in [5, 5.41) is 19.3. The van der Waals surface area contributed by atoms with Gasteiger partial charge < -0.3 is 9.84 Å². The molecule has 104 valence electrons. The fraction of sp³-hybridized carbons (Fsp3) is 0.167. The first kappa shape index (κ1) is 13.5. The molecule has 20 heavy (non-hydrogen) atoms. The predicted molar refractivity (Wildman–Crippen MR) is 70.7 cm³/mol. The number of nitrogens with one attached hydrogen (secondary N) is 2. The van der Waals surface area contributed by atoms with E-state index >= 15 is 0 Å². The number of benzene rings is 1. The zero-order chi connectivity index (χ0) is 14.4. The number of hydrogen-bond acceptors (Lipinski definition) is 6. The lowest BCUT2D eigenvalue weighted by molar-refractivity contribution is 0.0945. The minimum atomic E-state index is -0.498. The number of nitrogens with zero attached hydrogens (tertiary/aromatic N) is 3. The number of ether oxygens (including phenoxy) is 1. The monoisotopic (exact) mass is 275 g/mol. The van der Waals surface area contributed by atoms with E-state index in [9.17, 15) is 9.90 Å². The van der Waals surface area contributed by atoms with Gasteiger partial charge in [0.15, 0.2) is 11.5 Å². The van der Waals surface area contributed by atoms with E-state index in [4.69, 9.17) is 4.74 Å². The van der Waals surface area contributed by atoms with Crippen molar-refractivity contribution < 1.29 is 14.6 Å². The first-order valence-electron chi connectivity index (χ1n) is 5.85. The van der Waals surface area contributed by atoms with E-state index in [-0.39, 0.29) is 11.6 Å². The highest BCUT2D eigenvalue weighted by atomic mass is 16.5. The van der Waals surface area contributed by atoms with Gasteiger partial charge in [0.25, 0.3) is 0 Å². The SMILES string of the molecule is CCOc1cc(/C=N/NC(=O)c2ncn[nH]2)ccc1O. The van der Waals surface area contributed by atoms with Gasteiger partial charge in [0, 0.05) is 0 Å². The number of phenols is 1. The van der Waals surface area contributed by atoms with Crippen LogP contribution in [0.4, 0.5) is 0 Å². The Balaban J connectivity index is 2.01. The number of rotatable bonds is 5. The molecule has 0 atom stereocenters. The van der Waals surface area contributed by atoms with Gasteiger partial charge in [-0.1, -0.05) is 0 Å². The summed E-state index contributed by atoms with van der Waals surface area (Å²) in [4.78, 5) is 15.2. The zero-order valence-electron chi connectivity index (χ0n) is 10.7. The molecule has 8 nitrogen and oxygen atoms in total. The zero-order valence-corrected chi connectivity index (χ0v) is 10.7. The van der Waals surface area contributed by atoms with Crippen LogP contribution >= 0.6 is 0 Å². The predicted octanol–water partition coefficient (Wildman–Crippen LogP) is 0.673. The van der Waals surface area contributed by atoms with Gasteiger partial charge in [-0.05, 0) is 30.7 Å². The van der Waals surface area contributed by atoms with E-state index in [0.29, 0.717) is 17.9 Å². The summed E-state index contributed by atoms with van der Waals surface area (Å²) in [6.45, 7) is 2.26. The van der Waals surface area contributed by atoms with Crippen molar-refractivity contribution in [2.45, 2.75) is 6.92 Å². The number of hydrazone groups is 1. The Bertz CT molecular complexity index is 610. The Kier molecular flexibility index (Phi) is 4.28. The van der Waals surface area contributed by atoms with Crippen LogP contribution < -0.4 is 10.2 Å². The molecule has 0 unspecified atom stereocenters.